The third-order valence-electron chi connectivity index (χ3n) is 5.80. The number of aryl methyl sites for hydroxylation is 1. The van der Waals surface area contributed by atoms with Crippen molar-refractivity contribution >= 4 is 16.8 Å². The van der Waals surface area contributed by atoms with Crippen molar-refractivity contribution in [2.75, 3.05) is 6.54 Å². The number of H-pyrrole nitrogens is 1. The molecule has 1 aliphatic carbocycles. The standard InChI is InChI=1S/C20H25N3O2/c24-19(23-13-5-10-17(23)14-6-1-2-7-14)12-11-18-21-16-9-4-3-8-15(16)20(25)22-18/h3-4,8-9,14,17H,1-2,5-7,10-13H2,(H,21,22,25)/t17-/m1/s1. The van der Waals surface area contributed by atoms with E-state index in [1.54, 1.807) is 6.07 Å². The molecule has 1 aliphatic heterocycles. The lowest BCUT2D eigenvalue weighted by molar-refractivity contribution is -0.132. The van der Waals surface area contributed by atoms with Crippen LogP contribution < -0.4 is 5.56 Å². The van der Waals surface area contributed by atoms with E-state index < -0.39 is 0 Å². The van der Waals surface area contributed by atoms with Crippen LogP contribution in [0.5, 0.6) is 0 Å². The summed E-state index contributed by atoms with van der Waals surface area (Å²) >= 11 is 0. The Kier molecular flexibility index (Phi) is 4.55. The van der Waals surface area contributed by atoms with Crippen LogP contribution in [-0.2, 0) is 11.2 Å². The molecule has 1 aromatic heterocycles. The number of aromatic amines is 1. The van der Waals surface area contributed by atoms with Crippen molar-refractivity contribution in [2.45, 2.75) is 57.4 Å². The maximum absolute atomic E-state index is 12.7. The van der Waals surface area contributed by atoms with Crippen LogP contribution in [0.25, 0.3) is 10.9 Å². The van der Waals surface area contributed by atoms with Crippen LogP contribution in [-0.4, -0.2) is 33.4 Å². The number of benzene rings is 1. The van der Waals surface area contributed by atoms with Gasteiger partial charge in [-0.15, -0.1) is 0 Å². The molecule has 1 N–H and O–H groups in total. The minimum Gasteiger partial charge on any atom is -0.339 e. The Morgan fingerprint density at radius 3 is 2.80 bits per heavy atom. The van der Waals surface area contributed by atoms with Crippen LogP contribution in [0, 0.1) is 5.92 Å². The van der Waals surface area contributed by atoms with E-state index in [0.29, 0.717) is 41.5 Å². The summed E-state index contributed by atoms with van der Waals surface area (Å²) in [5.41, 5.74) is 0.566. The first-order valence-corrected chi connectivity index (χ1v) is 9.50. The maximum Gasteiger partial charge on any atom is 0.258 e. The molecule has 1 saturated heterocycles. The molecule has 2 heterocycles. The average Bonchev–Trinajstić information content (AvgIpc) is 3.30. The van der Waals surface area contributed by atoms with Gasteiger partial charge in [-0.05, 0) is 43.7 Å². The van der Waals surface area contributed by atoms with E-state index in [1.165, 1.54) is 25.7 Å². The van der Waals surface area contributed by atoms with Crippen LogP contribution in [0.3, 0.4) is 0 Å². The molecule has 1 amide bonds. The van der Waals surface area contributed by atoms with E-state index in [-0.39, 0.29) is 11.5 Å². The Hall–Kier alpha value is -2.17. The number of aromatic nitrogens is 2. The van der Waals surface area contributed by atoms with Crippen LogP contribution >= 0.6 is 0 Å². The molecule has 1 aromatic carbocycles. The lowest BCUT2D eigenvalue weighted by atomic mass is 9.96. The molecule has 4 rings (SSSR count). The number of amides is 1. The smallest absolute Gasteiger partial charge is 0.258 e. The van der Waals surface area contributed by atoms with Gasteiger partial charge in [0.25, 0.3) is 5.56 Å². The summed E-state index contributed by atoms with van der Waals surface area (Å²) < 4.78 is 0. The topological polar surface area (TPSA) is 66.1 Å². The number of hydrogen-bond acceptors (Lipinski definition) is 3. The Bertz CT molecular complexity index is 823. The van der Waals surface area contributed by atoms with Gasteiger partial charge in [0.15, 0.2) is 0 Å². The molecule has 0 radical (unpaired) electrons. The fourth-order valence-corrected chi connectivity index (χ4v) is 4.56. The summed E-state index contributed by atoms with van der Waals surface area (Å²) in [5.74, 6) is 1.52. The van der Waals surface area contributed by atoms with Gasteiger partial charge in [0.1, 0.15) is 5.82 Å². The number of carbonyl (C=O) groups is 1. The first kappa shape index (κ1) is 16.3. The number of fused-ring (bicyclic) bond motifs is 1. The molecule has 5 heteroatoms. The molecule has 132 valence electrons. The lowest BCUT2D eigenvalue weighted by Crippen LogP contribution is -2.39. The van der Waals surface area contributed by atoms with E-state index in [0.717, 1.165) is 19.4 Å². The van der Waals surface area contributed by atoms with E-state index in [9.17, 15) is 9.59 Å². The van der Waals surface area contributed by atoms with Gasteiger partial charge in [-0.2, -0.15) is 0 Å². The summed E-state index contributed by atoms with van der Waals surface area (Å²) in [6, 6.07) is 7.76. The minimum absolute atomic E-state index is 0.127. The largest absolute Gasteiger partial charge is 0.339 e. The molecule has 0 unspecified atom stereocenters. The number of nitrogens with one attached hydrogen (secondary N) is 1. The molecule has 2 aromatic rings. The quantitative estimate of drug-likeness (QED) is 0.931. The van der Waals surface area contributed by atoms with Crippen molar-refractivity contribution < 1.29 is 4.79 Å². The molecule has 2 aliphatic rings. The Labute approximate surface area is 147 Å². The van der Waals surface area contributed by atoms with E-state index >= 15 is 0 Å². The zero-order chi connectivity index (χ0) is 17.2. The summed E-state index contributed by atoms with van der Waals surface area (Å²) in [6.45, 7) is 0.891. The zero-order valence-corrected chi connectivity index (χ0v) is 14.5. The number of hydrogen-bond donors (Lipinski definition) is 1. The fraction of sp³-hybridized carbons (Fsp3) is 0.550. The molecule has 1 saturated carbocycles. The van der Waals surface area contributed by atoms with Gasteiger partial charge in [0.2, 0.25) is 5.91 Å². The van der Waals surface area contributed by atoms with Gasteiger partial charge in [-0.3, -0.25) is 9.59 Å². The third-order valence-corrected chi connectivity index (χ3v) is 5.80. The van der Waals surface area contributed by atoms with Crippen LogP contribution in [0.1, 0.15) is 50.8 Å². The highest BCUT2D eigenvalue weighted by Gasteiger charge is 2.35. The summed E-state index contributed by atoms with van der Waals surface area (Å²) in [4.78, 5) is 34.3. The van der Waals surface area contributed by atoms with Crippen molar-refractivity contribution in [3.8, 4) is 0 Å². The van der Waals surface area contributed by atoms with Crippen LogP contribution in [0.4, 0.5) is 0 Å². The van der Waals surface area contributed by atoms with Crippen molar-refractivity contribution in [1.29, 1.82) is 0 Å². The predicted octanol–water partition coefficient (Wildman–Crippen LogP) is 3.04. The second-order valence-corrected chi connectivity index (χ2v) is 7.37. The molecule has 25 heavy (non-hydrogen) atoms. The normalized spacial score (nSPS) is 21.3. The van der Waals surface area contributed by atoms with Crippen molar-refractivity contribution in [2.24, 2.45) is 5.92 Å². The first-order chi connectivity index (χ1) is 12.2. The predicted molar refractivity (Wildman–Crippen MR) is 97.4 cm³/mol. The highest BCUT2D eigenvalue weighted by molar-refractivity contribution is 5.78. The number of carbonyl (C=O) groups excluding carboxylic acids is 1. The van der Waals surface area contributed by atoms with E-state index in [2.05, 4.69) is 14.9 Å². The minimum atomic E-state index is -0.127. The van der Waals surface area contributed by atoms with Crippen LogP contribution in [0.15, 0.2) is 29.1 Å². The van der Waals surface area contributed by atoms with Gasteiger partial charge < -0.3 is 9.88 Å². The SMILES string of the molecule is O=C(CCc1nc2ccccc2c(=O)[nH]1)N1CCC[C@@H]1C1CCCC1. The van der Waals surface area contributed by atoms with Crippen molar-refractivity contribution in [1.82, 2.24) is 14.9 Å². The summed E-state index contributed by atoms with van der Waals surface area (Å²) in [5, 5.41) is 0.596. The van der Waals surface area contributed by atoms with E-state index in [1.807, 2.05) is 18.2 Å². The second kappa shape index (κ2) is 6.98. The summed E-state index contributed by atoms with van der Waals surface area (Å²) in [7, 11) is 0. The Morgan fingerprint density at radius 1 is 1.16 bits per heavy atom. The highest BCUT2D eigenvalue weighted by Crippen LogP contribution is 2.35. The average molecular weight is 339 g/mol. The molecule has 1 atom stereocenters. The fourth-order valence-electron chi connectivity index (χ4n) is 4.56. The van der Waals surface area contributed by atoms with Gasteiger partial charge in [-0.1, -0.05) is 25.0 Å². The van der Waals surface area contributed by atoms with E-state index in [4.69, 9.17) is 0 Å². The van der Waals surface area contributed by atoms with Crippen molar-refractivity contribution in [3.05, 3.63) is 40.4 Å². The molecular weight excluding hydrogens is 314 g/mol. The van der Waals surface area contributed by atoms with Gasteiger partial charge in [0, 0.05) is 25.4 Å². The molecule has 5 nitrogen and oxygen atoms in total. The van der Waals surface area contributed by atoms with Gasteiger partial charge >= 0.3 is 0 Å². The lowest BCUT2D eigenvalue weighted by Gasteiger charge is -2.29. The maximum atomic E-state index is 12.7. The zero-order valence-electron chi connectivity index (χ0n) is 14.5. The van der Waals surface area contributed by atoms with Crippen LogP contribution in [0.2, 0.25) is 0 Å². The molecule has 0 spiro atoms. The number of likely N-dealkylation sites (tertiary alicyclic amines) is 1. The molecule has 0 bridgehead atoms. The molecular formula is C20H25N3O2. The number of para-hydroxylation sites is 1. The Morgan fingerprint density at radius 2 is 1.96 bits per heavy atom. The molecule has 2 fully saturated rings. The summed E-state index contributed by atoms with van der Waals surface area (Å²) in [6.07, 6.45) is 8.36. The number of rotatable bonds is 4. The van der Waals surface area contributed by atoms with Gasteiger partial charge in [-0.25, -0.2) is 4.98 Å². The number of nitrogens with zero attached hydrogens (tertiary/aromatic N) is 2. The van der Waals surface area contributed by atoms with Crippen molar-refractivity contribution in [3.63, 3.8) is 0 Å². The third kappa shape index (κ3) is 3.32. The van der Waals surface area contributed by atoms with Gasteiger partial charge in [0.05, 0.1) is 10.9 Å². The Balaban J connectivity index is 1.44. The highest BCUT2D eigenvalue weighted by atomic mass is 16.2. The second-order valence-electron chi connectivity index (χ2n) is 7.37. The first-order valence-electron chi connectivity index (χ1n) is 9.50. The monoisotopic (exact) mass is 339 g/mol.